The number of aliphatic hydroxyl groups is 1. The van der Waals surface area contributed by atoms with Gasteiger partial charge in [-0.1, -0.05) is 0 Å². The van der Waals surface area contributed by atoms with Crippen LogP contribution in [0.15, 0.2) is 0 Å². The van der Waals surface area contributed by atoms with Crippen LogP contribution in [0, 0.1) is 5.92 Å². The van der Waals surface area contributed by atoms with E-state index in [2.05, 4.69) is 5.32 Å². The molecule has 0 heterocycles. The Kier molecular flexibility index (Phi) is 2.70. The molecule has 0 atom stereocenters. The molecule has 1 rings (SSSR count). The number of halogens is 2. The van der Waals surface area contributed by atoms with Crippen molar-refractivity contribution in [1.82, 2.24) is 5.32 Å². The molecule has 0 aliphatic heterocycles. The first-order chi connectivity index (χ1) is 5.99. The summed E-state index contributed by atoms with van der Waals surface area (Å²) in [6.07, 6.45) is -3.71. The SMILES string of the molecule is O=C(O)NC1(CO)CC(C(F)F)C1. The number of rotatable bonds is 3. The first-order valence-electron chi connectivity index (χ1n) is 3.89. The Labute approximate surface area is 73.6 Å². The summed E-state index contributed by atoms with van der Waals surface area (Å²) in [5.41, 5.74) is -1.03. The number of carbonyl (C=O) groups is 1. The Morgan fingerprint density at radius 1 is 1.62 bits per heavy atom. The smallest absolute Gasteiger partial charge is 0.405 e. The lowest BCUT2D eigenvalue weighted by molar-refractivity contribution is -0.0433. The molecule has 0 unspecified atom stereocenters. The number of aliphatic hydroxyl groups excluding tert-OH is 1. The van der Waals surface area contributed by atoms with E-state index in [1.54, 1.807) is 0 Å². The van der Waals surface area contributed by atoms with Gasteiger partial charge in [0, 0.05) is 5.92 Å². The van der Waals surface area contributed by atoms with Crippen LogP contribution in [0.1, 0.15) is 12.8 Å². The second kappa shape index (κ2) is 3.45. The van der Waals surface area contributed by atoms with E-state index >= 15 is 0 Å². The first-order valence-corrected chi connectivity index (χ1v) is 3.89. The fourth-order valence-electron chi connectivity index (χ4n) is 1.62. The molecule has 0 saturated heterocycles. The molecule has 4 nitrogen and oxygen atoms in total. The lowest BCUT2D eigenvalue weighted by Crippen LogP contribution is -2.60. The molecule has 3 N–H and O–H groups in total. The Hall–Kier alpha value is -0.910. The van der Waals surface area contributed by atoms with Gasteiger partial charge in [0.05, 0.1) is 12.1 Å². The molecule has 1 amide bonds. The average molecular weight is 195 g/mol. The van der Waals surface area contributed by atoms with E-state index in [9.17, 15) is 13.6 Å². The zero-order valence-corrected chi connectivity index (χ0v) is 6.83. The van der Waals surface area contributed by atoms with Crippen LogP contribution in [0.2, 0.25) is 0 Å². The van der Waals surface area contributed by atoms with Crippen LogP contribution in [0.5, 0.6) is 0 Å². The van der Waals surface area contributed by atoms with Crippen molar-refractivity contribution in [2.24, 2.45) is 5.92 Å². The molecule has 0 bridgehead atoms. The van der Waals surface area contributed by atoms with Crippen molar-refractivity contribution in [3.05, 3.63) is 0 Å². The Bertz CT molecular complexity index is 204. The summed E-state index contributed by atoms with van der Waals surface area (Å²) in [4.78, 5) is 10.2. The van der Waals surface area contributed by atoms with E-state index in [1.807, 2.05) is 0 Å². The predicted molar refractivity (Wildman–Crippen MR) is 39.7 cm³/mol. The second-order valence-electron chi connectivity index (χ2n) is 3.37. The van der Waals surface area contributed by atoms with Crippen LogP contribution < -0.4 is 5.32 Å². The van der Waals surface area contributed by atoms with Gasteiger partial charge >= 0.3 is 6.09 Å². The molecule has 1 saturated carbocycles. The summed E-state index contributed by atoms with van der Waals surface area (Å²) in [5, 5.41) is 19.2. The first kappa shape index (κ1) is 10.2. The van der Waals surface area contributed by atoms with Crippen LogP contribution in [-0.2, 0) is 0 Å². The second-order valence-corrected chi connectivity index (χ2v) is 3.37. The number of alkyl halides is 2. The summed E-state index contributed by atoms with van der Waals surface area (Å²) >= 11 is 0. The van der Waals surface area contributed by atoms with Crippen LogP contribution in [0.25, 0.3) is 0 Å². The number of carboxylic acid groups (broad SMARTS) is 1. The van der Waals surface area contributed by atoms with Gasteiger partial charge in [0.25, 0.3) is 0 Å². The Balaban J connectivity index is 2.45. The van der Waals surface area contributed by atoms with Gasteiger partial charge < -0.3 is 15.5 Å². The molecule has 0 radical (unpaired) electrons. The Morgan fingerprint density at radius 3 is 2.46 bits per heavy atom. The molecule has 1 aliphatic rings. The lowest BCUT2D eigenvalue weighted by Gasteiger charge is -2.45. The molecule has 6 heteroatoms. The van der Waals surface area contributed by atoms with Crippen molar-refractivity contribution in [2.45, 2.75) is 24.8 Å². The fraction of sp³-hybridized carbons (Fsp3) is 0.857. The quantitative estimate of drug-likeness (QED) is 0.619. The molecule has 1 fully saturated rings. The topological polar surface area (TPSA) is 69.6 Å². The average Bonchev–Trinajstić information content (AvgIpc) is 1.94. The number of nitrogens with one attached hydrogen (secondary N) is 1. The highest BCUT2D eigenvalue weighted by atomic mass is 19.3. The van der Waals surface area contributed by atoms with Gasteiger partial charge in [-0.15, -0.1) is 0 Å². The van der Waals surface area contributed by atoms with Crippen LogP contribution in [0.4, 0.5) is 13.6 Å². The molecule has 0 aromatic heterocycles. The third-order valence-corrected chi connectivity index (χ3v) is 2.34. The van der Waals surface area contributed by atoms with Gasteiger partial charge in [-0.3, -0.25) is 0 Å². The van der Waals surface area contributed by atoms with Crippen molar-refractivity contribution in [2.75, 3.05) is 6.61 Å². The van der Waals surface area contributed by atoms with Crippen molar-refractivity contribution < 1.29 is 23.8 Å². The highest BCUT2D eigenvalue weighted by Gasteiger charge is 2.48. The third kappa shape index (κ3) is 2.06. The van der Waals surface area contributed by atoms with E-state index in [-0.39, 0.29) is 12.8 Å². The van der Waals surface area contributed by atoms with E-state index in [1.165, 1.54) is 0 Å². The summed E-state index contributed by atoms with van der Waals surface area (Å²) in [6, 6.07) is 0. The maximum Gasteiger partial charge on any atom is 0.405 e. The molecule has 1 aliphatic carbocycles. The van der Waals surface area contributed by atoms with Gasteiger partial charge in [-0.05, 0) is 12.8 Å². The monoisotopic (exact) mass is 195 g/mol. The molecule has 0 aromatic rings. The minimum atomic E-state index is -2.43. The lowest BCUT2D eigenvalue weighted by atomic mass is 9.69. The molecular formula is C7H11F2NO3. The molecule has 13 heavy (non-hydrogen) atoms. The van der Waals surface area contributed by atoms with Gasteiger partial charge in [-0.25, -0.2) is 13.6 Å². The minimum Gasteiger partial charge on any atom is -0.465 e. The van der Waals surface area contributed by atoms with Crippen LogP contribution >= 0.6 is 0 Å². The highest BCUT2D eigenvalue weighted by molar-refractivity contribution is 5.66. The molecule has 0 spiro atoms. The number of hydrogen-bond donors (Lipinski definition) is 3. The minimum absolute atomic E-state index is 0.00741. The van der Waals surface area contributed by atoms with Crippen LogP contribution in [0.3, 0.4) is 0 Å². The van der Waals surface area contributed by atoms with E-state index in [4.69, 9.17) is 10.2 Å². The van der Waals surface area contributed by atoms with Crippen molar-refractivity contribution in [3.63, 3.8) is 0 Å². The maximum absolute atomic E-state index is 12.0. The van der Waals surface area contributed by atoms with Gasteiger partial charge in [0.15, 0.2) is 0 Å². The van der Waals surface area contributed by atoms with Gasteiger partial charge in [0.1, 0.15) is 0 Å². The third-order valence-electron chi connectivity index (χ3n) is 2.34. The van der Waals surface area contributed by atoms with E-state index < -0.39 is 30.6 Å². The van der Waals surface area contributed by atoms with Gasteiger partial charge in [0.2, 0.25) is 6.43 Å². The Morgan fingerprint density at radius 2 is 2.15 bits per heavy atom. The van der Waals surface area contributed by atoms with Gasteiger partial charge in [-0.2, -0.15) is 0 Å². The predicted octanol–water partition coefficient (Wildman–Crippen LogP) is 0.660. The summed E-state index contributed by atoms with van der Waals surface area (Å²) in [7, 11) is 0. The van der Waals surface area contributed by atoms with E-state index in [0.29, 0.717) is 0 Å². The molecular weight excluding hydrogens is 184 g/mol. The highest BCUT2D eigenvalue weighted by Crippen LogP contribution is 2.40. The van der Waals surface area contributed by atoms with Crippen molar-refractivity contribution >= 4 is 6.09 Å². The zero-order chi connectivity index (χ0) is 10.1. The maximum atomic E-state index is 12.0. The van der Waals surface area contributed by atoms with Crippen molar-refractivity contribution in [3.8, 4) is 0 Å². The standard InChI is InChI=1S/C7H11F2NO3/c8-5(9)4-1-7(2-4,3-11)10-6(12)13/h4-5,10-11H,1-3H2,(H,12,13). The largest absolute Gasteiger partial charge is 0.465 e. The molecule has 76 valence electrons. The molecule has 0 aromatic carbocycles. The fourth-order valence-corrected chi connectivity index (χ4v) is 1.62. The zero-order valence-electron chi connectivity index (χ0n) is 6.83. The number of amides is 1. The normalized spacial score (nSPS) is 32.8. The summed E-state index contributed by atoms with van der Waals surface area (Å²) in [5.74, 6) is -0.793. The summed E-state index contributed by atoms with van der Waals surface area (Å²) < 4.78 is 24.1. The van der Waals surface area contributed by atoms with Crippen molar-refractivity contribution in [1.29, 1.82) is 0 Å². The van der Waals surface area contributed by atoms with E-state index in [0.717, 1.165) is 0 Å². The number of hydrogen-bond acceptors (Lipinski definition) is 2. The van der Waals surface area contributed by atoms with Crippen LogP contribution in [-0.4, -0.2) is 34.9 Å². The summed E-state index contributed by atoms with van der Waals surface area (Å²) in [6.45, 7) is -0.428.